The number of halogens is 1. The highest BCUT2D eigenvalue weighted by Gasteiger charge is 2.44. The minimum absolute atomic E-state index is 0.0347. The van der Waals surface area contributed by atoms with Gasteiger partial charge in [-0.05, 0) is 44.4 Å². The number of hydrogen-bond donors (Lipinski definition) is 4. The van der Waals surface area contributed by atoms with Gasteiger partial charge in [0.1, 0.15) is 12.7 Å². The average Bonchev–Trinajstić information content (AvgIpc) is 2.88. The van der Waals surface area contributed by atoms with Crippen LogP contribution in [0.25, 0.3) is 0 Å². The van der Waals surface area contributed by atoms with Gasteiger partial charge in [0, 0.05) is 6.04 Å². The van der Waals surface area contributed by atoms with Crippen LogP contribution in [0.15, 0.2) is 0 Å². The maximum atomic E-state index is 13.0. The molecule has 2 amide bonds. The van der Waals surface area contributed by atoms with Crippen molar-refractivity contribution in [1.29, 1.82) is 0 Å². The molecule has 4 unspecified atom stereocenters. The van der Waals surface area contributed by atoms with Gasteiger partial charge in [0.15, 0.2) is 5.50 Å². The molecule has 3 fully saturated rings. The summed E-state index contributed by atoms with van der Waals surface area (Å²) in [7, 11) is 0. The van der Waals surface area contributed by atoms with E-state index >= 15 is 0 Å². The topological polar surface area (TPSA) is 57.6 Å². The number of nitrogens with one attached hydrogen (secondary N) is 4. The number of thioether (sulfide) groups is 2. The molecule has 1 aliphatic carbocycles. The summed E-state index contributed by atoms with van der Waals surface area (Å²) in [4.78, 5) is 11.9. The van der Waals surface area contributed by atoms with E-state index in [0.717, 1.165) is 19.4 Å². The van der Waals surface area contributed by atoms with E-state index in [1.807, 2.05) is 11.8 Å². The molecule has 3 rings (SSSR count). The molecule has 3 aliphatic rings. The Hall–Kier alpha value is -0.180. The SMILES string of the molecule is CC1C[NH+]2NC(NC(=O)NC3CCC(F)CC3)SC2S1. The zero-order chi connectivity index (χ0) is 14.1. The van der Waals surface area contributed by atoms with Crippen LogP contribution in [0.1, 0.15) is 32.6 Å². The fourth-order valence-electron chi connectivity index (χ4n) is 2.93. The van der Waals surface area contributed by atoms with Crippen molar-refractivity contribution in [2.75, 3.05) is 6.54 Å². The van der Waals surface area contributed by atoms with Crippen molar-refractivity contribution in [2.24, 2.45) is 0 Å². The lowest BCUT2D eigenvalue weighted by molar-refractivity contribution is -0.932. The van der Waals surface area contributed by atoms with Crippen molar-refractivity contribution in [3.8, 4) is 0 Å². The molecule has 8 heteroatoms. The molecule has 4 N–H and O–H groups in total. The van der Waals surface area contributed by atoms with Gasteiger partial charge in [0.2, 0.25) is 4.71 Å². The Kier molecular flexibility index (Phi) is 4.64. The smallest absolute Gasteiger partial charge is 0.317 e. The Balaban J connectivity index is 1.39. The van der Waals surface area contributed by atoms with E-state index in [0.29, 0.717) is 22.8 Å². The van der Waals surface area contributed by atoms with Crippen LogP contribution in [0.2, 0.25) is 0 Å². The van der Waals surface area contributed by atoms with Crippen molar-refractivity contribution >= 4 is 29.6 Å². The zero-order valence-electron chi connectivity index (χ0n) is 11.5. The third-order valence-electron chi connectivity index (χ3n) is 3.98. The molecular weight excluding hydrogens is 299 g/mol. The first-order chi connectivity index (χ1) is 9.60. The number of urea groups is 1. The molecule has 0 aromatic carbocycles. The van der Waals surface area contributed by atoms with E-state index in [2.05, 4.69) is 23.0 Å². The number of carbonyl (C=O) groups is 1. The predicted molar refractivity (Wildman–Crippen MR) is 80.0 cm³/mol. The molecule has 0 spiro atoms. The second-order valence-corrected chi connectivity index (χ2v) is 8.80. The van der Waals surface area contributed by atoms with E-state index in [9.17, 15) is 9.18 Å². The summed E-state index contributed by atoms with van der Waals surface area (Å²) in [6.45, 7) is 3.32. The number of hydrogen-bond acceptors (Lipinski definition) is 4. The standard InChI is InChI=1S/C12H21FN4OS2/c1-7-6-17-12(19-7)20-11(16-17)15-10(18)14-9-4-2-8(13)3-5-9/h7-9,11-12,16H,2-6H2,1H3,(H2,14,15,18)/p+1. The molecule has 5 nitrogen and oxygen atoms in total. The van der Waals surface area contributed by atoms with Crippen molar-refractivity contribution in [3.63, 3.8) is 0 Å². The Morgan fingerprint density at radius 2 is 2.00 bits per heavy atom. The number of amides is 2. The lowest BCUT2D eigenvalue weighted by Crippen LogP contribution is -3.18. The van der Waals surface area contributed by atoms with Gasteiger partial charge >= 0.3 is 6.03 Å². The zero-order valence-corrected chi connectivity index (χ0v) is 13.2. The van der Waals surface area contributed by atoms with Crippen molar-refractivity contribution in [3.05, 3.63) is 0 Å². The summed E-state index contributed by atoms with van der Waals surface area (Å²) >= 11 is 3.71. The van der Waals surface area contributed by atoms with Crippen LogP contribution in [0.4, 0.5) is 9.18 Å². The third-order valence-corrected chi connectivity index (χ3v) is 6.85. The lowest BCUT2D eigenvalue weighted by atomic mass is 9.94. The van der Waals surface area contributed by atoms with Crippen LogP contribution in [0.5, 0.6) is 0 Å². The van der Waals surface area contributed by atoms with Gasteiger partial charge in [-0.25, -0.2) is 14.2 Å². The highest BCUT2D eigenvalue weighted by Crippen LogP contribution is 2.30. The van der Waals surface area contributed by atoms with Crippen molar-refractivity contribution in [1.82, 2.24) is 16.1 Å². The van der Waals surface area contributed by atoms with Crippen LogP contribution in [0, 0.1) is 0 Å². The van der Waals surface area contributed by atoms with Crippen LogP contribution in [-0.4, -0.2) is 40.2 Å². The Bertz CT molecular complexity index is 353. The summed E-state index contributed by atoms with van der Waals surface area (Å²) in [5.74, 6) is 0. The van der Waals surface area contributed by atoms with E-state index in [1.165, 1.54) is 5.01 Å². The van der Waals surface area contributed by atoms with E-state index in [4.69, 9.17) is 0 Å². The summed E-state index contributed by atoms with van der Waals surface area (Å²) < 4.78 is 13.5. The third kappa shape index (κ3) is 3.52. The number of rotatable bonds is 2. The van der Waals surface area contributed by atoms with Crippen molar-refractivity contribution in [2.45, 2.75) is 60.3 Å². The number of carbonyl (C=O) groups excluding carboxylic acids is 1. The molecule has 0 radical (unpaired) electrons. The average molecular weight is 321 g/mol. The second-order valence-electron chi connectivity index (χ2n) is 5.74. The molecule has 2 saturated heterocycles. The fraction of sp³-hybridized carbons (Fsp3) is 0.917. The lowest BCUT2D eigenvalue weighted by Gasteiger charge is -2.25. The number of quaternary nitrogens is 1. The maximum Gasteiger partial charge on any atom is 0.317 e. The van der Waals surface area contributed by atoms with Crippen LogP contribution < -0.4 is 21.1 Å². The van der Waals surface area contributed by atoms with E-state index in [-0.39, 0.29) is 17.6 Å². The predicted octanol–water partition coefficient (Wildman–Crippen LogP) is 0.405. The van der Waals surface area contributed by atoms with E-state index < -0.39 is 6.17 Å². The molecule has 0 bridgehead atoms. The van der Waals surface area contributed by atoms with Crippen LogP contribution >= 0.6 is 23.5 Å². The summed E-state index contributed by atoms with van der Waals surface area (Å²) in [6, 6.07) is -0.0223. The molecule has 2 heterocycles. The second kappa shape index (κ2) is 6.29. The maximum absolute atomic E-state index is 13.0. The van der Waals surface area contributed by atoms with Gasteiger partial charge < -0.3 is 10.6 Å². The Labute approximate surface area is 127 Å². The molecule has 0 aromatic heterocycles. The van der Waals surface area contributed by atoms with Gasteiger partial charge in [-0.3, -0.25) is 0 Å². The largest absolute Gasteiger partial charge is 0.335 e. The first-order valence-corrected chi connectivity index (χ1v) is 9.13. The first-order valence-electron chi connectivity index (χ1n) is 7.24. The van der Waals surface area contributed by atoms with Gasteiger partial charge in [0.05, 0.1) is 5.25 Å². The molecule has 20 heavy (non-hydrogen) atoms. The van der Waals surface area contributed by atoms with Gasteiger partial charge in [-0.2, -0.15) is 0 Å². The molecule has 0 aromatic rings. The minimum atomic E-state index is -0.682. The summed E-state index contributed by atoms with van der Waals surface area (Å²) in [5, 5.41) is 7.92. The highest BCUT2D eigenvalue weighted by atomic mass is 32.2. The Morgan fingerprint density at radius 1 is 1.25 bits per heavy atom. The minimum Gasteiger partial charge on any atom is -0.335 e. The highest BCUT2D eigenvalue weighted by molar-refractivity contribution is 8.17. The normalized spacial score (nSPS) is 44.1. The number of fused-ring (bicyclic) bond motifs is 1. The molecule has 2 aliphatic heterocycles. The quantitative estimate of drug-likeness (QED) is 0.595. The van der Waals surface area contributed by atoms with Gasteiger partial charge in [0.25, 0.3) is 0 Å². The Morgan fingerprint density at radius 3 is 2.70 bits per heavy atom. The summed E-state index contributed by atoms with van der Waals surface area (Å²) in [5.41, 5.74) is 3.35. The summed E-state index contributed by atoms with van der Waals surface area (Å²) in [6.07, 6.45) is 1.93. The van der Waals surface area contributed by atoms with Crippen LogP contribution in [0.3, 0.4) is 0 Å². The van der Waals surface area contributed by atoms with Crippen LogP contribution in [-0.2, 0) is 0 Å². The molecule has 114 valence electrons. The molecule has 1 saturated carbocycles. The van der Waals surface area contributed by atoms with Gasteiger partial charge in [-0.15, -0.1) is 5.43 Å². The number of alkyl halides is 1. The van der Waals surface area contributed by atoms with E-state index in [1.54, 1.807) is 11.8 Å². The van der Waals surface area contributed by atoms with Gasteiger partial charge in [-0.1, -0.05) is 11.8 Å². The van der Waals surface area contributed by atoms with Crippen molar-refractivity contribution < 1.29 is 14.2 Å². The molecule has 4 atom stereocenters. The monoisotopic (exact) mass is 321 g/mol. The molecular formula is C12H22FN4OS2+. The fourth-order valence-corrected chi connectivity index (χ4v) is 6.08. The first kappa shape index (κ1) is 14.7.